The lowest BCUT2D eigenvalue weighted by Gasteiger charge is -2.26. The van der Waals surface area contributed by atoms with E-state index in [4.69, 9.17) is 0 Å². The summed E-state index contributed by atoms with van der Waals surface area (Å²) in [7, 11) is -1.65. The molecule has 0 spiro atoms. The van der Waals surface area contributed by atoms with Crippen LogP contribution in [0.15, 0.2) is 72.8 Å². The third-order valence-corrected chi connectivity index (χ3v) is 8.61. The summed E-state index contributed by atoms with van der Waals surface area (Å²) in [5.74, 6) is 0. The van der Waals surface area contributed by atoms with E-state index in [9.17, 15) is 0 Å². The quantitative estimate of drug-likeness (QED) is 0.489. The van der Waals surface area contributed by atoms with Crippen LogP contribution in [0, 0.1) is 0 Å². The number of hydrogen-bond acceptors (Lipinski definition) is 0. The smallest absolute Gasteiger partial charge is 0.0626 e. The average Bonchev–Trinajstić information content (AvgIpc) is 2.94. The molecule has 3 aromatic rings. The van der Waals surface area contributed by atoms with Gasteiger partial charge in [0.15, 0.2) is 0 Å². The summed E-state index contributed by atoms with van der Waals surface area (Å²) in [4.78, 5) is 0. The molecule has 0 nitrogen and oxygen atoms in total. The van der Waals surface area contributed by atoms with E-state index in [2.05, 4.69) is 85.9 Å². The van der Waals surface area contributed by atoms with Crippen LogP contribution in [0.2, 0.25) is 13.1 Å². The summed E-state index contributed by atoms with van der Waals surface area (Å²) in [6.07, 6.45) is 1.09. The van der Waals surface area contributed by atoms with E-state index < -0.39 is 8.07 Å². The van der Waals surface area contributed by atoms with E-state index in [0.717, 1.165) is 6.42 Å². The van der Waals surface area contributed by atoms with Crippen molar-refractivity contribution in [2.24, 2.45) is 0 Å². The molecule has 3 aromatic carbocycles. The third-order valence-electron chi connectivity index (χ3n) is 5.02. The normalized spacial score (nSPS) is 12.8. The fourth-order valence-electron chi connectivity index (χ4n) is 3.75. The predicted octanol–water partition coefficient (Wildman–Crippen LogP) is 4.08. The molecule has 4 rings (SSSR count). The maximum Gasteiger partial charge on any atom is 0.112 e. The van der Waals surface area contributed by atoms with Gasteiger partial charge in [0, 0.05) is 0 Å². The predicted molar refractivity (Wildman–Crippen MR) is 97.9 cm³/mol. The highest BCUT2D eigenvalue weighted by Gasteiger charge is 2.31. The molecule has 0 bridgehead atoms. The third kappa shape index (κ3) is 1.97. The molecule has 0 heterocycles. The van der Waals surface area contributed by atoms with Crippen molar-refractivity contribution in [2.45, 2.75) is 19.5 Å². The van der Waals surface area contributed by atoms with Crippen molar-refractivity contribution in [1.29, 1.82) is 0 Å². The fraction of sp³-hybridized carbons (Fsp3) is 0.143. The number of hydrogen-bond donors (Lipinski definition) is 0. The lowest BCUT2D eigenvalue weighted by molar-refractivity contribution is 1.27. The Hall–Kier alpha value is -2.12. The second-order valence-corrected chi connectivity index (χ2v) is 11.0. The molecule has 0 radical (unpaired) electrons. The molecule has 0 aromatic heterocycles. The van der Waals surface area contributed by atoms with Crippen molar-refractivity contribution in [3.05, 3.63) is 83.9 Å². The van der Waals surface area contributed by atoms with Gasteiger partial charge < -0.3 is 0 Å². The Bertz CT molecular complexity index is 832. The van der Waals surface area contributed by atoms with Crippen LogP contribution in [0.5, 0.6) is 0 Å². The Morgan fingerprint density at radius 1 is 0.682 bits per heavy atom. The lowest BCUT2D eigenvalue weighted by atomic mass is 10.1. The SMILES string of the molecule is C[Si](C)(c1ccccc1)c1cccc2c1Cc1ccccc1-2. The highest BCUT2D eigenvalue weighted by atomic mass is 28.3. The highest BCUT2D eigenvalue weighted by Crippen LogP contribution is 2.36. The monoisotopic (exact) mass is 300 g/mol. The summed E-state index contributed by atoms with van der Waals surface area (Å²) in [5.41, 5.74) is 5.91. The van der Waals surface area contributed by atoms with Crippen molar-refractivity contribution < 1.29 is 0 Å². The lowest BCUT2D eigenvalue weighted by Crippen LogP contribution is -2.54. The number of benzene rings is 3. The van der Waals surface area contributed by atoms with Crippen molar-refractivity contribution >= 4 is 18.4 Å². The molecule has 0 atom stereocenters. The molecule has 0 saturated heterocycles. The van der Waals surface area contributed by atoms with Crippen LogP contribution in [-0.4, -0.2) is 8.07 Å². The second kappa shape index (κ2) is 4.96. The van der Waals surface area contributed by atoms with Gasteiger partial charge in [-0.15, -0.1) is 0 Å². The highest BCUT2D eigenvalue weighted by molar-refractivity contribution is 7.00. The van der Waals surface area contributed by atoms with E-state index in [0.29, 0.717) is 0 Å². The Labute approximate surface area is 133 Å². The van der Waals surface area contributed by atoms with Gasteiger partial charge in [-0.25, -0.2) is 0 Å². The van der Waals surface area contributed by atoms with Crippen LogP contribution in [0.4, 0.5) is 0 Å². The van der Waals surface area contributed by atoms with Gasteiger partial charge in [-0.1, -0.05) is 96.3 Å². The van der Waals surface area contributed by atoms with Crippen LogP contribution >= 0.6 is 0 Å². The Balaban J connectivity index is 1.89. The molecule has 0 fully saturated rings. The maximum atomic E-state index is 2.47. The minimum atomic E-state index is -1.65. The molecule has 1 heteroatoms. The summed E-state index contributed by atoms with van der Waals surface area (Å²) < 4.78 is 0. The first kappa shape index (κ1) is 13.5. The molecule has 0 amide bonds. The van der Waals surface area contributed by atoms with Crippen molar-refractivity contribution in [3.8, 4) is 11.1 Å². The zero-order valence-electron chi connectivity index (χ0n) is 13.1. The molecule has 22 heavy (non-hydrogen) atoms. The van der Waals surface area contributed by atoms with Gasteiger partial charge in [0.05, 0.1) is 0 Å². The first-order valence-electron chi connectivity index (χ1n) is 7.94. The standard InChI is InChI=1S/C21H20Si/c1-22(2,17-10-4-3-5-11-17)21-14-8-13-19-18-12-7-6-9-16(18)15-20(19)21/h3-14H,15H2,1-2H3. The van der Waals surface area contributed by atoms with Crippen LogP contribution in [-0.2, 0) is 6.42 Å². The van der Waals surface area contributed by atoms with E-state index >= 15 is 0 Å². The topological polar surface area (TPSA) is 0 Å². The van der Waals surface area contributed by atoms with Gasteiger partial charge >= 0.3 is 0 Å². The summed E-state index contributed by atoms with van der Waals surface area (Å²) >= 11 is 0. The van der Waals surface area contributed by atoms with E-state index in [1.54, 1.807) is 10.8 Å². The van der Waals surface area contributed by atoms with Gasteiger partial charge in [0.2, 0.25) is 0 Å². The van der Waals surface area contributed by atoms with Gasteiger partial charge in [-0.2, -0.15) is 0 Å². The summed E-state index contributed by atoms with van der Waals surface area (Å²) in [6, 6.07) is 26.8. The molecule has 0 aliphatic heterocycles. The van der Waals surface area contributed by atoms with Gasteiger partial charge in [-0.05, 0) is 28.7 Å². The van der Waals surface area contributed by atoms with Crippen molar-refractivity contribution in [1.82, 2.24) is 0 Å². The van der Waals surface area contributed by atoms with Gasteiger partial charge in [-0.3, -0.25) is 0 Å². The maximum absolute atomic E-state index is 2.47. The Morgan fingerprint density at radius 2 is 1.36 bits per heavy atom. The zero-order chi connectivity index (χ0) is 15.2. The van der Waals surface area contributed by atoms with E-state index in [1.165, 1.54) is 21.9 Å². The first-order valence-corrected chi connectivity index (χ1v) is 10.9. The van der Waals surface area contributed by atoms with Crippen molar-refractivity contribution in [2.75, 3.05) is 0 Å². The van der Waals surface area contributed by atoms with Crippen molar-refractivity contribution in [3.63, 3.8) is 0 Å². The molecule has 0 unspecified atom stereocenters. The van der Waals surface area contributed by atoms with Crippen LogP contribution in [0.1, 0.15) is 11.1 Å². The molecule has 0 saturated carbocycles. The van der Waals surface area contributed by atoms with Crippen LogP contribution in [0.25, 0.3) is 11.1 Å². The van der Waals surface area contributed by atoms with Gasteiger partial charge in [0.1, 0.15) is 8.07 Å². The molecule has 1 aliphatic rings. The average molecular weight is 300 g/mol. The molecule has 108 valence electrons. The Morgan fingerprint density at radius 3 is 2.18 bits per heavy atom. The summed E-state index contributed by atoms with van der Waals surface area (Å²) in [5, 5.41) is 3.10. The molecular formula is C21H20Si. The fourth-order valence-corrected chi connectivity index (χ4v) is 6.58. The minimum absolute atomic E-state index is 1.09. The van der Waals surface area contributed by atoms with Gasteiger partial charge in [0.25, 0.3) is 0 Å². The zero-order valence-corrected chi connectivity index (χ0v) is 14.1. The molecular weight excluding hydrogens is 280 g/mol. The minimum Gasteiger partial charge on any atom is -0.0626 e. The molecule has 1 aliphatic carbocycles. The van der Waals surface area contributed by atoms with E-state index in [1.807, 2.05) is 0 Å². The van der Waals surface area contributed by atoms with Crippen LogP contribution < -0.4 is 10.4 Å². The summed E-state index contributed by atoms with van der Waals surface area (Å²) in [6.45, 7) is 4.95. The first-order chi connectivity index (χ1) is 10.7. The largest absolute Gasteiger partial charge is 0.112 e. The van der Waals surface area contributed by atoms with E-state index in [-0.39, 0.29) is 0 Å². The second-order valence-electron chi connectivity index (χ2n) is 6.66. The number of fused-ring (bicyclic) bond motifs is 3. The molecule has 0 N–H and O–H groups in total. The van der Waals surface area contributed by atoms with Crippen LogP contribution in [0.3, 0.4) is 0 Å². The Kier molecular flexibility index (Phi) is 3.05. The number of rotatable bonds is 2.